The van der Waals surface area contributed by atoms with Crippen molar-refractivity contribution in [2.24, 2.45) is 14.1 Å². The number of carbonyl (C=O) groups excluding carboxylic acids is 1. The lowest BCUT2D eigenvalue weighted by molar-refractivity contribution is 0.101. The monoisotopic (exact) mass is 347 g/mol. The van der Waals surface area contributed by atoms with Gasteiger partial charge in [0.25, 0.3) is 5.91 Å². The van der Waals surface area contributed by atoms with Crippen molar-refractivity contribution in [1.82, 2.24) is 29.1 Å². The number of aromatic nitrogens is 6. The number of nitrogens with one attached hydrogen (secondary N) is 1. The maximum absolute atomic E-state index is 12.4. The van der Waals surface area contributed by atoms with E-state index in [1.807, 2.05) is 30.7 Å². The fourth-order valence-electron chi connectivity index (χ4n) is 2.74. The van der Waals surface area contributed by atoms with Crippen molar-refractivity contribution in [2.75, 3.05) is 5.32 Å². The summed E-state index contributed by atoms with van der Waals surface area (Å²) in [4.78, 5) is 29.5. The number of hydrogen-bond acceptors (Lipinski definition) is 5. The van der Waals surface area contributed by atoms with Crippen LogP contribution in [0.2, 0.25) is 0 Å². The molecule has 1 N–H and O–H groups in total. The van der Waals surface area contributed by atoms with E-state index in [9.17, 15) is 4.79 Å². The maximum Gasteiger partial charge on any atom is 0.275 e. The van der Waals surface area contributed by atoms with Crippen LogP contribution in [-0.4, -0.2) is 35.0 Å². The Kier molecular flexibility index (Phi) is 3.72. The number of amides is 1. The average Bonchev–Trinajstić information content (AvgIpc) is 3.20. The Labute approximate surface area is 149 Å². The zero-order valence-electron chi connectivity index (χ0n) is 14.6. The largest absolute Gasteiger partial charge is 0.332 e. The minimum absolute atomic E-state index is 0.249. The Morgan fingerprint density at radius 1 is 1.00 bits per heavy atom. The molecule has 0 aliphatic heterocycles. The second kappa shape index (κ2) is 6.07. The van der Waals surface area contributed by atoms with Crippen molar-refractivity contribution >= 4 is 22.5 Å². The molecule has 4 heterocycles. The summed E-state index contributed by atoms with van der Waals surface area (Å²) in [6.45, 7) is 1.85. The molecule has 8 heteroatoms. The van der Waals surface area contributed by atoms with Crippen molar-refractivity contribution in [3.05, 3.63) is 54.8 Å². The lowest BCUT2D eigenvalue weighted by atomic mass is 10.1. The summed E-state index contributed by atoms with van der Waals surface area (Å²) in [5, 5.41) is 4.65. The molecule has 0 aliphatic carbocycles. The molecule has 8 nitrogen and oxygen atoms in total. The fourth-order valence-corrected chi connectivity index (χ4v) is 2.74. The number of nitrogens with zero attached hydrogens (tertiary/aromatic N) is 6. The van der Waals surface area contributed by atoms with E-state index in [-0.39, 0.29) is 5.91 Å². The maximum atomic E-state index is 12.4. The van der Waals surface area contributed by atoms with Gasteiger partial charge in [0, 0.05) is 31.9 Å². The molecule has 0 bridgehead atoms. The van der Waals surface area contributed by atoms with E-state index in [4.69, 9.17) is 0 Å². The van der Waals surface area contributed by atoms with Crippen LogP contribution in [0.25, 0.3) is 22.2 Å². The molecular formula is C18H17N7O. The van der Waals surface area contributed by atoms with E-state index >= 15 is 0 Å². The van der Waals surface area contributed by atoms with Gasteiger partial charge >= 0.3 is 0 Å². The fraction of sp³-hybridized carbons (Fsp3) is 0.167. The van der Waals surface area contributed by atoms with Crippen LogP contribution in [0.5, 0.6) is 0 Å². The lowest BCUT2D eigenvalue weighted by Gasteiger charge is -2.08. The van der Waals surface area contributed by atoms with Crippen LogP contribution < -0.4 is 5.32 Å². The SMILES string of the molecule is Cc1ncc(C(=O)Nc2cc3cc(-c4cncn4C)ncc3cn2)n1C. The van der Waals surface area contributed by atoms with E-state index in [1.54, 1.807) is 42.7 Å². The van der Waals surface area contributed by atoms with Crippen molar-refractivity contribution < 1.29 is 4.79 Å². The molecule has 26 heavy (non-hydrogen) atoms. The zero-order valence-corrected chi connectivity index (χ0v) is 14.6. The topological polar surface area (TPSA) is 90.5 Å². The third-order valence-electron chi connectivity index (χ3n) is 4.38. The summed E-state index contributed by atoms with van der Waals surface area (Å²) in [5.74, 6) is 0.998. The number of rotatable bonds is 3. The predicted octanol–water partition coefficient (Wildman–Crippen LogP) is 2.32. The Hall–Kier alpha value is -3.55. The summed E-state index contributed by atoms with van der Waals surface area (Å²) >= 11 is 0. The highest BCUT2D eigenvalue weighted by atomic mass is 16.2. The molecule has 1 amide bonds. The highest BCUT2D eigenvalue weighted by molar-refractivity contribution is 6.03. The summed E-state index contributed by atoms with van der Waals surface area (Å²) in [6.07, 6.45) is 8.51. The highest BCUT2D eigenvalue weighted by Crippen LogP contribution is 2.22. The van der Waals surface area contributed by atoms with Gasteiger partial charge in [-0.3, -0.25) is 9.78 Å². The van der Waals surface area contributed by atoms with Gasteiger partial charge in [-0.05, 0) is 24.4 Å². The van der Waals surface area contributed by atoms with E-state index in [1.165, 1.54) is 0 Å². The van der Waals surface area contributed by atoms with Crippen molar-refractivity contribution in [3.63, 3.8) is 0 Å². The Balaban J connectivity index is 1.67. The molecule has 4 aromatic rings. The molecule has 0 atom stereocenters. The smallest absolute Gasteiger partial charge is 0.275 e. The van der Waals surface area contributed by atoms with Gasteiger partial charge < -0.3 is 14.5 Å². The lowest BCUT2D eigenvalue weighted by Crippen LogP contribution is -2.16. The van der Waals surface area contributed by atoms with E-state index < -0.39 is 0 Å². The number of fused-ring (bicyclic) bond motifs is 1. The third-order valence-corrected chi connectivity index (χ3v) is 4.38. The summed E-state index contributed by atoms with van der Waals surface area (Å²) in [5.41, 5.74) is 2.21. The standard InChI is InChI=1S/C18H17N7O/c1-11-20-9-16(25(11)3)18(26)23-17-5-12-4-14(15-8-19-10-24(15)2)21-6-13(12)7-22-17/h4-10H,1-3H3,(H,22,23,26). The first-order valence-corrected chi connectivity index (χ1v) is 8.05. The molecular weight excluding hydrogens is 330 g/mol. The Bertz CT molecular complexity index is 1130. The minimum Gasteiger partial charge on any atom is -0.332 e. The molecule has 4 aromatic heterocycles. The van der Waals surface area contributed by atoms with E-state index in [0.717, 1.165) is 28.0 Å². The van der Waals surface area contributed by atoms with Crippen molar-refractivity contribution in [2.45, 2.75) is 6.92 Å². The molecule has 0 saturated carbocycles. The van der Waals surface area contributed by atoms with Gasteiger partial charge in [0.05, 0.1) is 30.1 Å². The quantitative estimate of drug-likeness (QED) is 0.614. The molecule has 0 fully saturated rings. The van der Waals surface area contributed by atoms with Crippen LogP contribution in [0.1, 0.15) is 16.3 Å². The second-order valence-corrected chi connectivity index (χ2v) is 6.08. The first-order chi connectivity index (χ1) is 12.5. The normalized spacial score (nSPS) is 11.0. The molecule has 0 saturated heterocycles. The van der Waals surface area contributed by atoms with Gasteiger partial charge in [0.15, 0.2) is 0 Å². The van der Waals surface area contributed by atoms with Crippen LogP contribution >= 0.6 is 0 Å². The van der Waals surface area contributed by atoms with Crippen molar-refractivity contribution in [3.8, 4) is 11.4 Å². The highest BCUT2D eigenvalue weighted by Gasteiger charge is 2.13. The van der Waals surface area contributed by atoms with Crippen LogP contribution in [0.4, 0.5) is 5.82 Å². The molecule has 0 unspecified atom stereocenters. The number of imidazole rings is 2. The van der Waals surface area contributed by atoms with E-state index in [0.29, 0.717) is 11.5 Å². The first-order valence-electron chi connectivity index (χ1n) is 8.05. The van der Waals surface area contributed by atoms with Crippen molar-refractivity contribution in [1.29, 1.82) is 0 Å². The molecule has 4 rings (SSSR count). The number of aryl methyl sites for hydroxylation is 2. The number of carbonyl (C=O) groups is 1. The van der Waals surface area contributed by atoms with Gasteiger partial charge in [-0.25, -0.2) is 15.0 Å². The van der Waals surface area contributed by atoms with Gasteiger partial charge in [0.1, 0.15) is 17.3 Å². The van der Waals surface area contributed by atoms with E-state index in [2.05, 4.69) is 25.3 Å². The zero-order chi connectivity index (χ0) is 18.3. The average molecular weight is 347 g/mol. The number of hydrogen-bond donors (Lipinski definition) is 1. The van der Waals surface area contributed by atoms with Gasteiger partial charge in [-0.2, -0.15) is 0 Å². The third kappa shape index (κ3) is 2.71. The summed E-state index contributed by atoms with van der Waals surface area (Å²) < 4.78 is 3.64. The van der Waals surface area contributed by atoms with Gasteiger partial charge in [-0.15, -0.1) is 0 Å². The van der Waals surface area contributed by atoms with Crippen LogP contribution in [0, 0.1) is 6.92 Å². The number of anilines is 1. The van der Waals surface area contributed by atoms with Crippen LogP contribution in [0.3, 0.4) is 0 Å². The minimum atomic E-state index is -0.249. The predicted molar refractivity (Wildman–Crippen MR) is 97.6 cm³/mol. The number of pyridine rings is 2. The van der Waals surface area contributed by atoms with Crippen LogP contribution in [0.15, 0.2) is 43.2 Å². The molecule has 0 radical (unpaired) electrons. The molecule has 0 aromatic carbocycles. The molecule has 130 valence electrons. The first kappa shape index (κ1) is 15.9. The molecule has 0 aliphatic rings. The van der Waals surface area contributed by atoms with Gasteiger partial charge in [-0.1, -0.05) is 0 Å². The summed E-state index contributed by atoms with van der Waals surface area (Å²) in [7, 11) is 3.72. The summed E-state index contributed by atoms with van der Waals surface area (Å²) in [6, 6.07) is 3.79. The Morgan fingerprint density at radius 3 is 2.50 bits per heavy atom. The Morgan fingerprint density at radius 2 is 1.81 bits per heavy atom. The van der Waals surface area contributed by atoms with Crippen LogP contribution in [-0.2, 0) is 14.1 Å². The van der Waals surface area contributed by atoms with Gasteiger partial charge in [0.2, 0.25) is 0 Å². The molecule has 0 spiro atoms. The second-order valence-electron chi connectivity index (χ2n) is 6.08.